The maximum absolute atomic E-state index is 5.75. The van der Waals surface area contributed by atoms with Crippen LogP contribution in [-0.2, 0) is 4.74 Å². The van der Waals surface area contributed by atoms with Crippen molar-refractivity contribution < 1.29 is 4.74 Å². The quantitative estimate of drug-likeness (QED) is 0.675. The molecule has 1 aliphatic heterocycles. The van der Waals surface area contributed by atoms with Crippen molar-refractivity contribution in [3.63, 3.8) is 0 Å². The lowest BCUT2D eigenvalue weighted by Gasteiger charge is -2.37. The average Bonchev–Trinajstić information content (AvgIpc) is 2.17. The van der Waals surface area contributed by atoms with Crippen molar-refractivity contribution in [1.82, 2.24) is 4.31 Å². The predicted octanol–water partition coefficient (Wildman–Crippen LogP) is 3.08. The summed E-state index contributed by atoms with van der Waals surface area (Å²) in [4.78, 5) is 0. The van der Waals surface area contributed by atoms with Gasteiger partial charge in [0.1, 0.15) is 0 Å². The Labute approximate surface area is 97.9 Å². The van der Waals surface area contributed by atoms with Crippen LogP contribution in [0.4, 0.5) is 0 Å². The van der Waals surface area contributed by atoms with Gasteiger partial charge in [0.15, 0.2) is 0 Å². The summed E-state index contributed by atoms with van der Waals surface area (Å²) >= 11 is 2.10. The molecule has 2 fully saturated rings. The smallest absolute Gasteiger partial charge is 0.0687 e. The molecule has 3 heteroatoms. The summed E-state index contributed by atoms with van der Waals surface area (Å²) in [6.07, 6.45) is 7.98. The van der Waals surface area contributed by atoms with E-state index in [0.29, 0.717) is 12.2 Å². The Morgan fingerprint density at radius 1 is 1.00 bits per heavy atom. The highest BCUT2D eigenvalue weighted by atomic mass is 32.2. The van der Waals surface area contributed by atoms with Crippen LogP contribution in [0, 0.1) is 0 Å². The number of ether oxygens (including phenoxy) is 1. The molecule has 1 saturated carbocycles. The molecule has 2 unspecified atom stereocenters. The molecule has 2 aliphatic rings. The fourth-order valence-corrected chi connectivity index (χ4v) is 4.16. The molecule has 0 bridgehead atoms. The van der Waals surface area contributed by atoms with E-state index >= 15 is 0 Å². The number of rotatable bonds is 2. The first kappa shape index (κ1) is 11.7. The first-order valence-electron chi connectivity index (χ1n) is 6.31. The van der Waals surface area contributed by atoms with Gasteiger partial charge in [0.05, 0.1) is 12.2 Å². The fourth-order valence-electron chi connectivity index (χ4n) is 2.60. The maximum Gasteiger partial charge on any atom is 0.0687 e. The van der Waals surface area contributed by atoms with Crippen molar-refractivity contribution in [2.75, 3.05) is 13.1 Å². The van der Waals surface area contributed by atoms with Crippen LogP contribution in [0.25, 0.3) is 0 Å². The monoisotopic (exact) mass is 229 g/mol. The third-order valence-electron chi connectivity index (χ3n) is 3.24. The molecule has 0 aromatic heterocycles. The van der Waals surface area contributed by atoms with E-state index in [2.05, 4.69) is 30.1 Å². The van der Waals surface area contributed by atoms with E-state index in [1.165, 1.54) is 32.1 Å². The van der Waals surface area contributed by atoms with Gasteiger partial charge in [-0.3, -0.25) is 0 Å². The van der Waals surface area contributed by atoms with Crippen LogP contribution in [0.5, 0.6) is 0 Å². The minimum atomic E-state index is 0.407. The first-order chi connectivity index (χ1) is 7.24. The van der Waals surface area contributed by atoms with E-state index in [1.54, 1.807) is 0 Å². The van der Waals surface area contributed by atoms with Gasteiger partial charge in [-0.15, -0.1) is 0 Å². The van der Waals surface area contributed by atoms with Gasteiger partial charge in [0.25, 0.3) is 0 Å². The van der Waals surface area contributed by atoms with Gasteiger partial charge in [0, 0.05) is 18.3 Å². The van der Waals surface area contributed by atoms with Crippen molar-refractivity contribution in [2.45, 2.75) is 63.4 Å². The number of hydrogen-bond acceptors (Lipinski definition) is 3. The average molecular weight is 229 g/mol. The van der Waals surface area contributed by atoms with E-state index < -0.39 is 0 Å². The van der Waals surface area contributed by atoms with Gasteiger partial charge in [-0.2, -0.15) is 0 Å². The van der Waals surface area contributed by atoms with Crippen LogP contribution in [0.15, 0.2) is 0 Å². The van der Waals surface area contributed by atoms with Crippen molar-refractivity contribution in [3.05, 3.63) is 0 Å². The third kappa shape index (κ3) is 3.65. The summed E-state index contributed by atoms with van der Waals surface area (Å²) in [6.45, 7) is 6.57. The molecule has 0 spiro atoms. The van der Waals surface area contributed by atoms with Gasteiger partial charge in [0.2, 0.25) is 0 Å². The molecule has 0 aromatic carbocycles. The Bertz CT molecular complexity index is 184. The third-order valence-corrected chi connectivity index (χ3v) is 4.60. The zero-order valence-corrected chi connectivity index (χ0v) is 10.8. The zero-order chi connectivity index (χ0) is 10.7. The van der Waals surface area contributed by atoms with E-state index in [4.69, 9.17) is 4.74 Å². The molecular formula is C12H23NOS. The summed E-state index contributed by atoms with van der Waals surface area (Å²) in [5.74, 6) is 0. The lowest BCUT2D eigenvalue weighted by Crippen LogP contribution is -2.42. The zero-order valence-electron chi connectivity index (χ0n) is 9.95. The Morgan fingerprint density at radius 3 is 2.20 bits per heavy atom. The lowest BCUT2D eigenvalue weighted by atomic mass is 10.0. The van der Waals surface area contributed by atoms with Gasteiger partial charge in [-0.05, 0) is 26.7 Å². The van der Waals surface area contributed by atoms with Gasteiger partial charge in [-0.1, -0.05) is 31.2 Å². The molecule has 1 saturated heterocycles. The normalized spacial score (nSPS) is 35.6. The highest BCUT2D eigenvalue weighted by Crippen LogP contribution is 2.32. The maximum atomic E-state index is 5.75. The van der Waals surface area contributed by atoms with E-state index in [-0.39, 0.29) is 0 Å². The van der Waals surface area contributed by atoms with E-state index in [0.717, 1.165) is 18.3 Å². The Hall–Kier alpha value is 0.270. The van der Waals surface area contributed by atoms with Crippen LogP contribution in [0.2, 0.25) is 0 Å². The minimum absolute atomic E-state index is 0.407. The number of nitrogens with zero attached hydrogens (tertiary/aromatic N) is 1. The van der Waals surface area contributed by atoms with Crippen LogP contribution < -0.4 is 0 Å². The van der Waals surface area contributed by atoms with Crippen LogP contribution in [-0.4, -0.2) is 34.9 Å². The predicted molar refractivity (Wildman–Crippen MR) is 66.0 cm³/mol. The molecule has 2 rings (SSSR count). The van der Waals surface area contributed by atoms with Crippen LogP contribution in [0.3, 0.4) is 0 Å². The molecular weight excluding hydrogens is 206 g/mol. The second-order valence-electron chi connectivity index (χ2n) is 4.97. The molecule has 88 valence electrons. The standard InChI is InChI=1S/C12H23NOS/c1-10-8-13(9-11(2)14-10)15-12-6-4-3-5-7-12/h10-12H,3-9H2,1-2H3. The molecule has 15 heavy (non-hydrogen) atoms. The summed E-state index contributed by atoms with van der Waals surface area (Å²) < 4.78 is 8.29. The fraction of sp³-hybridized carbons (Fsp3) is 1.00. The van der Waals surface area contributed by atoms with Crippen molar-refractivity contribution in [1.29, 1.82) is 0 Å². The molecule has 0 radical (unpaired) electrons. The minimum Gasteiger partial charge on any atom is -0.373 e. The summed E-state index contributed by atoms with van der Waals surface area (Å²) in [5.41, 5.74) is 0. The Kier molecular flexibility index (Phi) is 4.35. The first-order valence-corrected chi connectivity index (χ1v) is 7.15. The molecule has 1 aliphatic carbocycles. The topological polar surface area (TPSA) is 12.5 Å². The number of morpholine rings is 1. The SMILES string of the molecule is CC1CN(SC2CCCCC2)CC(C)O1. The molecule has 2 nitrogen and oxygen atoms in total. The summed E-state index contributed by atoms with van der Waals surface area (Å²) in [7, 11) is 0. The van der Waals surface area contributed by atoms with E-state index in [9.17, 15) is 0 Å². The number of hydrogen-bond donors (Lipinski definition) is 0. The van der Waals surface area contributed by atoms with Crippen molar-refractivity contribution in [3.8, 4) is 0 Å². The molecule has 0 aromatic rings. The van der Waals surface area contributed by atoms with E-state index in [1.807, 2.05) is 0 Å². The molecule has 0 N–H and O–H groups in total. The second kappa shape index (κ2) is 5.55. The summed E-state index contributed by atoms with van der Waals surface area (Å²) in [6, 6.07) is 0. The molecule has 2 atom stereocenters. The van der Waals surface area contributed by atoms with Crippen LogP contribution >= 0.6 is 11.9 Å². The second-order valence-corrected chi connectivity index (χ2v) is 6.36. The van der Waals surface area contributed by atoms with Gasteiger partial charge >= 0.3 is 0 Å². The molecule has 0 amide bonds. The highest BCUT2D eigenvalue weighted by molar-refractivity contribution is 7.97. The van der Waals surface area contributed by atoms with Crippen molar-refractivity contribution >= 4 is 11.9 Å². The largest absolute Gasteiger partial charge is 0.373 e. The Balaban J connectivity index is 1.77. The molecule has 1 heterocycles. The van der Waals surface area contributed by atoms with Crippen LogP contribution in [0.1, 0.15) is 46.0 Å². The van der Waals surface area contributed by atoms with Crippen molar-refractivity contribution in [2.24, 2.45) is 0 Å². The van der Waals surface area contributed by atoms with Gasteiger partial charge < -0.3 is 4.74 Å². The van der Waals surface area contributed by atoms with Gasteiger partial charge in [-0.25, -0.2) is 4.31 Å². The Morgan fingerprint density at radius 2 is 1.60 bits per heavy atom. The lowest BCUT2D eigenvalue weighted by molar-refractivity contribution is -0.0416. The highest BCUT2D eigenvalue weighted by Gasteiger charge is 2.25. The summed E-state index contributed by atoms with van der Waals surface area (Å²) in [5, 5.41) is 0.885.